The Hall–Kier alpha value is -1.38. The molecule has 7 heteroatoms. The van der Waals surface area contributed by atoms with Gasteiger partial charge in [0.1, 0.15) is 0 Å². The Morgan fingerprint density at radius 2 is 1.78 bits per heavy atom. The van der Waals surface area contributed by atoms with Crippen molar-refractivity contribution in [1.82, 2.24) is 10.2 Å². The van der Waals surface area contributed by atoms with Gasteiger partial charge in [-0.25, -0.2) is 4.99 Å². The highest BCUT2D eigenvalue weighted by molar-refractivity contribution is 14.0. The molecule has 0 atom stereocenters. The normalized spacial score (nSPS) is 14.4. The lowest BCUT2D eigenvalue weighted by Crippen LogP contribution is -2.39. The molecule has 6 nitrogen and oxygen atoms in total. The van der Waals surface area contributed by atoms with Crippen LogP contribution in [0.25, 0.3) is 0 Å². The van der Waals surface area contributed by atoms with Crippen molar-refractivity contribution in [2.24, 2.45) is 4.99 Å². The highest BCUT2D eigenvalue weighted by atomic mass is 127. The van der Waals surface area contributed by atoms with E-state index in [-0.39, 0.29) is 29.7 Å². The van der Waals surface area contributed by atoms with Gasteiger partial charge in [0.05, 0.1) is 20.8 Å². The van der Waals surface area contributed by atoms with Gasteiger partial charge in [-0.2, -0.15) is 0 Å². The number of rotatable bonds is 5. The molecule has 2 rings (SSSR count). The van der Waals surface area contributed by atoms with Crippen LogP contribution >= 0.6 is 24.0 Å². The van der Waals surface area contributed by atoms with Gasteiger partial charge in [0.2, 0.25) is 5.75 Å². The van der Waals surface area contributed by atoms with E-state index in [9.17, 15) is 5.11 Å². The molecule has 23 heavy (non-hydrogen) atoms. The molecule has 1 saturated heterocycles. The van der Waals surface area contributed by atoms with E-state index in [4.69, 9.17) is 9.47 Å². The zero-order chi connectivity index (χ0) is 15.9. The van der Waals surface area contributed by atoms with Gasteiger partial charge in [0, 0.05) is 19.6 Å². The van der Waals surface area contributed by atoms with Crippen molar-refractivity contribution in [3.63, 3.8) is 0 Å². The van der Waals surface area contributed by atoms with E-state index in [1.165, 1.54) is 27.1 Å². The number of nitrogens with one attached hydrogen (secondary N) is 1. The first kappa shape index (κ1) is 19.7. The molecular formula is C16H26IN3O3. The average molecular weight is 435 g/mol. The van der Waals surface area contributed by atoms with Crippen LogP contribution in [0.15, 0.2) is 17.1 Å². The molecule has 0 saturated carbocycles. The lowest BCUT2D eigenvalue weighted by molar-refractivity contribution is 0.339. The first-order valence-corrected chi connectivity index (χ1v) is 7.66. The van der Waals surface area contributed by atoms with Gasteiger partial charge >= 0.3 is 0 Å². The van der Waals surface area contributed by atoms with Gasteiger partial charge in [-0.1, -0.05) is 0 Å². The summed E-state index contributed by atoms with van der Waals surface area (Å²) in [5.74, 6) is 1.75. The summed E-state index contributed by atoms with van der Waals surface area (Å²) in [4.78, 5) is 6.96. The minimum Gasteiger partial charge on any atom is -0.502 e. The number of likely N-dealkylation sites (tertiary alicyclic amines) is 1. The largest absolute Gasteiger partial charge is 0.502 e. The Morgan fingerprint density at radius 3 is 2.26 bits per heavy atom. The predicted octanol–water partition coefficient (Wildman–Crippen LogP) is 2.59. The van der Waals surface area contributed by atoms with Crippen molar-refractivity contribution in [3.05, 3.63) is 17.7 Å². The van der Waals surface area contributed by atoms with E-state index >= 15 is 0 Å². The van der Waals surface area contributed by atoms with E-state index in [2.05, 4.69) is 22.1 Å². The highest BCUT2D eigenvalue weighted by Crippen LogP contribution is 2.37. The SMILES string of the molecule is CCNC(=NCc1cc(OC)c(O)c(OC)c1)N1CCCC1.I. The Morgan fingerprint density at radius 1 is 1.22 bits per heavy atom. The third-order valence-electron chi connectivity index (χ3n) is 3.69. The number of hydrogen-bond acceptors (Lipinski definition) is 4. The minimum atomic E-state index is 0. The van der Waals surface area contributed by atoms with Crippen molar-refractivity contribution >= 4 is 29.9 Å². The monoisotopic (exact) mass is 435 g/mol. The molecule has 0 amide bonds. The maximum atomic E-state index is 9.94. The van der Waals surface area contributed by atoms with Gasteiger partial charge in [0.25, 0.3) is 0 Å². The number of benzene rings is 1. The molecule has 130 valence electrons. The number of nitrogens with zero attached hydrogens (tertiary/aromatic N) is 2. The van der Waals surface area contributed by atoms with Crippen molar-refractivity contribution < 1.29 is 14.6 Å². The van der Waals surface area contributed by atoms with Gasteiger partial charge in [-0.3, -0.25) is 0 Å². The first-order valence-electron chi connectivity index (χ1n) is 7.66. The fourth-order valence-corrected chi connectivity index (χ4v) is 2.56. The van der Waals surface area contributed by atoms with Crippen LogP contribution in [0.3, 0.4) is 0 Å². The second-order valence-corrected chi connectivity index (χ2v) is 5.21. The van der Waals surface area contributed by atoms with Crippen LogP contribution in [-0.4, -0.2) is 49.8 Å². The van der Waals surface area contributed by atoms with Crippen molar-refractivity contribution in [3.8, 4) is 17.2 Å². The molecule has 0 radical (unpaired) electrons. The van der Waals surface area contributed by atoms with Gasteiger partial charge < -0.3 is 24.8 Å². The first-order chi connectivity index (χ1) is 10.7. The number of halogens is 1. The fraction of sp³-hybridized carbons (Fsp3) is 0.562. The van der Waals surface area contributed by atoms with E-state index < -0.39 is 0 Å². The molecule has 1 heterocycles. The molecule has 1 aliphatic rings. The molecule has 2 N–H and O–H groups in total. The van der Waals surface area contributed by atoms with E-state index in [1.807, 2.05) is 0 Å². The van der Waals surface area contributed by atoms with Crippen LogP contribution in [0.2, 0.25) is 0 Å². The van der Waals surface area contributed by atoms with Crippen LogP contribution < -0.4 is 14.8 Å². The molecule has 0 aliphatic carbocycles. The summed E-state index contributed by atoms with van der Waals surface area (Å²) in [5, 5.41) is 13.3. The number of hydrogen-bond donors (Lipinski definition) is 2. The minimum absolute atomic E-state index is 0. The van der Waals surface area contributed by atoms with Crippen molar-refractivity contribution in [1.29, 1.82) is 0 Å². The van der Waals surface area contributed by atoms with Crippen LogP contribution in [0, 0.1) is 0 Å². The Kier molecular flexibility index (Phi) is 8.29. The molecular weight excluding hydrogens is 409 g/mol. The van der Waals surface area contributed by atoms with E-state index in [1.54, 1.807) is 12.1 Å². The molecule has 1 aromatic rings. The molecule has 0 aromatic heterocycles. The van der Waals surface area contributed by atoms with Gasteiger partial charge in [-0.05, 0) is 37.5 Å². The van der Waals surface area contributed by atoms with Crippen molar-refractivity contribution in [2.75, 3.05) is 33.9 Å². The highest BCUT2D eigenvalue weighted by Gasteiger charge is 2.16. The van der Waals surface area contributed by atoms with Gasteiger partial charge in [-0.15, -0.1) is 24.0 Å². The summed E-state index contributed by atoms with van der Waals surface area (Å²) in [5.41, 5.74) is 0.932. The summed E-state index contributed by atoms with van der Waals surface area (Å²) >= 11 is 0. The molecule has 1 aliphatic heterocycles. The topological polar surface area (TPSA) is 66.3 Å². The lowest BCUT2D eigenvalue weighted by atomic mass is 10.2. The maximum Gasteiger partial charge on any atom is 0.200 e. The summed E-state index contributed by atoms with van der Waals surface area (Å²) in [6.07, 6.45) is 2.43. The smallest absolute Gasteiger partial charge is 0.200 e. The van der Waals surface area contributed by atoms with Crippen LogP contribution in [-0.2, 0) is 6.54 Å². The Balaban J connectivity index is 0.00000264. The number of methoxy groups -OCH3 is 2. The fourth-order valence-electron chi connectivity index (χ4n) is 2.56. The second kappa shape index (κ2) is 9.69. The number of ether oxygens (including phenoxy) is 2. The predicted molar refractivity (Wildman–Crippen MR) is 102 cm³/mol. The number of phenolic OH excluding ortho intramolecular Hbond substituents is 1. The zero-order valence-electron chi connectivity index (χ0n) is 14.0. The van der Waals surface area contributed by atoms with Crippen LogP contribution in [0.5, 0.6) is 17.2 Å². The summed E-state index contributed by atoms with van der Waals surface area (Å²) < 4.78 is 10.4. The van der Waals surface area contributed by atoms with Crippen LogP contribution in [0.1, 0.15) is 25.3 Å². The lowest BCUT2D eigenvalue weighted by Gasteiger charge is -2.20. The molecule has 0 spiro atoms. The summed E-state index contributed by atoms with van der Waals surface area (Å²) in [6, 6.07) is 3.57. The Labute approximate surface area is 154 Å². The third-order valence-corrected chi connectivity index (χ3v) is 3.69. The summed E-state index contributed by atoms with van der Waals surface area (Å²) in [7, 11) is 3.05. The standard InChI is InChI=1S/C16H25N3O3.HI/c1-4-17-16(19-7-5-6-8-19)18-11-12-9-13(21-2)15(20)14(10-12)22-3;/h9-10,20H,4-8,11H2,1-3H3,(H,17,18);1H. The third kappa shape index (κ3) is 5.05. The van der Waals surface area contributed by atoms with E-state index in [0.717, 1.165) is 31.2 Å². The quantitative estimate of drug-likeness (QED) is 0.423. The van der Waals surface area contributed by atoms with Crippen molar-refractivity contribution in [2.45, 2.75) is 26.3 Å². The Bertz CT molecular complexity index is 506. The average Bonchev–Trinajstić information content (AvgIpc) is 3.06. The van der Waals surface area contributed by atoms with Gasteiger partial charge in [0.15, 0.2) is 17.5 Å². The maximum absolute atomic E-state index is 9.94. The number of guanidine groups is 1. The number of aromatic hydroxyl groups is 1. The van der Waals surface area contributed by atoms with E-state index in [0.29, 0.717) is 18.0 Å². The van der Waals surface area contributed by atoms with Crippen LogP contribution in [0.4, 0.5) is 0 Å². The second-order valence-electron chi connectivity index (χ2n) is 5.21. The molecule has 1 aromatic carbocycles. The number of phenols is 1. The number of aliphatic imine (C=N–C) groups is 1. The summed E-state index contributed by atoms with van der Waals surface area (Å²) in [6.45, 7) is 5.52. The zero-order valence-corrected chi connectivity index (χ0v) is 16.3. The molecule has 1 fully saturated rings. The molecule has 0 unspecified atom stereocenters. The molecule has 0 bridgehead atoms.